The number of carbonyl (C=O) groups is 1. The van der Waals surface area contributed by atoms with Gasteiger partial charge in [0.25, 0.3) is 16.8 Å². The Bertz CT molecular complexity index is 1310. The number of nitrogens with zero attached hydrogens (tertiary/aromatic N) is 2. The molecule has 36 heavy (non-hydrogen) atoms. The SMILES string of the molecule is CCNc1c(Nc2cc(Cl)ccc2OCC(=O)N2CCN(Cc3ccc(F)cc3)C[C@H]2C)c(=O)c1=O. The van der Waals surface area contributed by atoms with Crippen molar-refractivity contribution in [2.75, 3.05) is 43.4 Å². The van der Waals surface area contributed by atoms with E-state index in [0.29, 0.717) is 49.2 Å². The topological polar surface area (TPSA) is 91.0 Å². The fourth-order valence-electron chi connectivity index (χ4n) is 4.33. The molecule has 0 spiro atoms. The Hall–Kier alpha value is -3.43. The summed E-state index contributed by atoms with van der Waals surface area (Å²) in [6.45, 7) is 6.72. The Morgan fingerprint density at radius 1 is 1.11 bits per heavy atom. The summed E-state index contributed by atoms with van der Waals surface area (Å²) in [6.07, 6.45) is 0. The number of hydrogen-bond acceptors (Lipinski definition) is 7. The number of carbonyl (C=O) groups excluding carboxylic acids is 1. The van der Waals surface area contributed by atoms with Gasteiger partial charge in [0.1, 0.15) is 22.9 Å². The second kappa shape index (κ2) is 11.1. The average molecular weight is 515 g/mol. The smallest absolute Gasteiger partial charge is 0.260 e. The number of piperazine rings is 1. The first kappa shape index (κ1) is 25.7. The number of benzene rings is 2. The lowest BCUT2D eigenvalue weighted by Crippen LogP contribution is -2.54. The van der Waals surface area contributed by atoms with Gasteiger partial charge in [-0.15, -0.1) is 0 Å². The van der Waals surface area contributed by atoms with E-state index in [-0.39, 0.29) is 35.7 Å². The van der Waals surface area contributed by atoms with E-state index in [1.165, 1.54) is 12.1 Å². The van der Waals surface area contributed by atoms with Gasteiger partial charge >= 0.3 is 0 Å². The predicted octanol–water partition coefficient (Wildman–Crippen LogP) is 3.36. The van der Waals surface area contributed by atoms with Crippen LogP contribution in [0.5, 0.6) is 5.75 Å². The molecule has 0 unspecified atom stereocenters. The monoisotopic (exact) mass is 514 g/mol. The highest BCUT2D eigenvalue weighted by Crippen LogP contribution is 2.32. The molecule has 2 N–H and O–H groups in total. The maximum atomic E-state index is 13.2. The van der Waals surface area contributed by atoms with Crippen LogP contribution in [0.4, 0.5) is 21.5 Å². The number of ether oxygens (including phenoxy) is 1. The van der Waals surface area contributed by atoms with Gasteiger partial charge in [-0.3, -0.25) is 19.3 Å². The molecule has 1 heterocycles. The average Bonchev–Trinajstić information content (AvgIpc) is 2.86. The number of anilines is 3. The quantitative estimate of drug-likeness (QED) is 0.423. The molecule has 1 aliphatic rings. The second-order valence-corrected chi connectivity index (χ2v) is 9.23. The van der Waals surface area contributed by atoms with Crippen molar-refractivity contribution in [3.05, 3.63) is 79.3 Å². The molecule has 1 aliphatic heterocycles. The van der Waals surface area contributed by atoms with Crippen molar-refractivity contribution >= 4 is 34.6 Å². The fraction of sp³-hybridized carbons (Fsp3) is 0.346. The van der Waals surface area contributed by atoms with Crippen LogP contribution in [-0.2, 0) is 11.3 Å². The third kappa shape index (κ3) is 5.68. The summed E-state index contributed by atoms with van der Waals surface area (Å²) in [6, 6.07) is 11.2. The largest absolute Gasteiger partial charge is 0.482 e. The van der Waals surface area contributed by atoms with E-state index in [0.717, 1.165) is 5.56 Å². The summed E-state index contributed by atoms with van der Waals surface area (Å²) >= 11 is 6.13. The lowest BCUT2D eigenvalue weighted by molar-refractivity contribution is -0.137. The van der Waals surface area contributed by atoms with Gasteiger partial charge < -0.3 is 20.3 Å². The van der Waals surface area contributed by atoms with Gasteiger partial charge in [0.2, 0.25) is 0 Å². The molecule has 3 aromatic rings. The van der Waals surface area contributed by atoms with Gasteiger partial charge in [0, 0.05) is 43.8 Å². The van der Waals surface area contributed by atoms with E-state index < -0.39 is 10.9 Å². The van der Waals surface area contributed by atoms with Crippen LogP contribution < -0.4 is 26.2 Å². The fourth-order valence-corrected chi connectivity index (χ4v) is 4.51. The van der Waals surface area contributed by atoms with Crippen LogP contribution in [0.3, 0.4) is 0 Å². The third-order valence-corrected chi connectivity index (χ3v) is 6.40. The van der Waals surface area contributed by atoms with Crippen molar-refractivity contribution in [1.82, 2.24) is 9.80 Å². The van der Waals surface area contributed by atoms with Gasteiger partial charge in [0.15, 0.2) is 6.61 Å². The number of halogens is 2. The molecule has 1 amide bonds. The van der Waals surface area contributed by atoms with Crippen molar-refractivity contribution in [2.45, 2.75) is 26.4 Å². The van der Waals surface area contributed by atoms with Crippen LogP contribution in [0.2, 0.25) is 5.02 Å². The Morgan fingerprint density at radius 3 is 2.53 bits per heavy atom. The molecule has 10 heteroatoms. The summed E-state index contributed by atoms with van der Waals surface area (Å²) in [4.78, 5) is 40.9. The lowest BCUT2D eigenvalue weighted by Gasteiger charge is -2.39. The molecular formula is C26H28ClFN4O4. The third-order valence-electron chi connectivity index (χ3n) is 6.17. The minimum Gasteiger partial charge on any atom is -0.482 e. The number of hydrogen-bond donors (Lipinski definition) is 2. The standard InChI is InChI=1S/C26H28ClFN4O4/c1-3-29-23-24(26(35)25(23)34)30-20-12-18(27)6-9-21(20)36-15-22(33)32-11-10-31(13-16(32)2)14-17-4-7-19(28)8-5-17/h4-9,12,16,29-30H,3,10-11,13-15H2,1-2H3/t16-/m1/s1. The van der Waals surface area contributed by atoms with Gasteiger partial charge in [-0.1, -0.05) is 23.7 Å². The van der Waals surface area contributed by atoms with Crippen LogP contribution in [0.25, 0.3) is 0 Å². The molecule has 190 valence electrons. The first-order valence-electron chi connectivity index (χ1n) is 11.8. The van der Waals surface area contributed by atoms with Crippen LogP contribution >= 0.6 is 11.6 Å². The zero-order valence-electron chi connectivity index (χ0n) is 20.1. The molecule has 1 saturated heterocycles. The van der Waals surface area contributed by atoms with Crippen LogP contribution in [0.15, 0.2) is 52.1 Å². The molecule has 0 radical (unpaired) electrons. The van der Waals surface area contributed by atoms with E-state index in [1.54, 1.807) is 35.2 Å². The van der Waals surface area contributed by atoms with Gasteiger partial charge in [-0.2, -0.15) is 0 Å². The zero-order valence-corrected chi connectivity index (χ0v) is 20.9. The summed E-state index contributed by atoms with van der Waals surface area (Å²) < 4.78 is 19.0. The highest BCUT2D eigenvalue weighted by atomic mass is 35.5. The van der Waals surface area contributed by atoms with Crippen LogP contribution in [0, 0.1) is 5.82 Å². The molecule has 8 nitrogen and oxygen atoms in total. The molecule has 0 saturated carbocycles. The Balaban J connectivity index is 1.37. The molecular weight excluding hydrogens is 487 g/mol. The van der Waals surface area contributed by atoms with Crippen molar-refractivity contribution in [2.24, 2.45) is 0 Å². The van der Waals surface area contributed by atoms with Crippen molar-refractivity contribution in [1.29, 1.82) is 0 Å². The minimum atomic E-state index is -0.625. The Morgan fingerprint density at radius 2 is 1.83 bits per heavy atom. The van der Waals surface area contributed by atoms with Gasteiger partial charge in [-0.05, 0) is 49.7 Å². The summed E-state index contributed by atoms with van der Waals surface area (Å²) in [7, 11) is 0. The van der Waals surface area contributed by atoms with Crippen molar-refractivity contribution < 1.29 is 13.9 Å². The molecule has 0 bridgehead atoms. The zero-order chi connectivity index (χ0) is 25.8. The van der Waals surface area contributed by atoms with Gasteiger partial charge in [-0.25, -0.2) is 4.39 Å². The summed E-state index contributed by atoms with van der Waals surface area (Å²) in [5, 5.41) is 6.22. The normalized spacial score (nSPS) is 16.2. The number of rotatable bonds is 9. The van der Waals surface area contributed by atoms with E-state index in [4.69, 9.17) is 16.3 Å². The van der Waals surface area contributed by atoms with Crippen molar-refractivity contribution in [3.8, 4) is 5.75 Å². The first-order valence-corrected chi connectivity index (χ1v) is 12.2. The Kier molecular flexibility index (Phi) is 7.91. The highest BCUT2D eigenvalue weighted by Gasteiger charge is 2.28. The molecule has 1 atom stereocenters. The predicted molar refractivity (Wildman–Crippen MR) is 139 cm³/mol. The molecule has 0 aliphatic carbocycles. The number of amides is 1. The van der Waals surface area contributed by atoms with E-state index in [2.05, 4.69) is 15.5 Å². The van der Waals surface area contributed by atoms with Crippen molar-refractivity contribution in [3.63, 3.8) is 0 Å². The molecule has 1 fully saturated rings. The first-order chi connectivity index (χ1) is 17.3. The lowest BCUT2D eigenvalue weighted by atomic mass is 10.1. The van der Waals surface area contributed by atoms with E-state index >= 15 is 0 Å². The second-order valence-electron chi connectivity index (χ2n) is 8.79. The molecule has 0 aromatic heterocycles. The van der Waals surface area contributed by atoms with E-state index in [1.807, 2.05) is 13.8 Å². The van der Waals surface area contributed by atoms with Crippen LogP contribution in [0.1, 0.15) is 19.4 Å². The molecule has 4 rings (SSSR count). The Labute approximate surface area is 213 Å². The molecule has 3 aromatic carbocycles. The van der Waals surface area contributed by atoms with E-state index in [9.17, 15) is 18.8 Å². The van der Waals surface area contributed by atoms with Crippen LogP contribution in [-0.4, -0.2) is 54.5 Å². The maximum absolute atomic E-state index is 13.2. The highest BCUT2D eigenvalue weighted by molar-refractivity contribution is 6.31. The van der Waals surface area contributed by atoms with Gasteiger partial charge in [0.05, 0.1) is 5.69 Å². The summed E-state index contributed by atoms with van der Waals surface area (Å²) in [5.74, 6) is -0.0812. The maximum Gasteiger partial charge on any atom is 0.260 e. The summed E-state index contributed by atoms with van der Waals surface area (Å²) in [5.41, 5.74) is 0.571. The minimum absolute atomic E-state index is 0.0236. The number of nitrogens with one attached hydrogen (secondary N) is 2.